The Balaban J connectivity index is 3.92. The molecule has 1 atom stereocenters. The van der Waals surface area contributed by atoms with E-state index in [1.54, 1.807) is 0 Å². The number of hydrogen-bond acceptors (Lipinski definition) is 2. The van der Waals surface area contributed by atoms with Gasteiger partial charge in [-0.1, -0.05) is 40.5 Å². The van der Waals surface area contributed by atoms with Crippen LogP contribution in [0.1, 0.15) is 47.0 Å². The second-order valence-electron chi connectivity index (χ2n) is 4.89. The second-order valence-corrected chi connectivity index (χ2v) is 4.89. The van der Waals surface area contributed by atoms with E-state index in [1.807, 2.05) is 0 Å². The number of nitrogens with zero attached hydrogens (tertiary/aromatic N) is 1. The van der Waals surface area contributed by atoms with Crippen molar-refractivity contribution >= 4 is 12.5 Å². The molecule has 2 nitrogen and oxygen atoms in total. The molecule has 0 radical (unpaired) electrons. The van der Waals surface area contributed by atoms with Crippen LogP contribution in [0, 0.1) is 11.3 Å². The molecule has 0 heterocycles. The maximum atomic E-state index is 10.1. The van der Waals surface area contributed by atoms with E-state index in [0.29, 0.717) is 0 Å². The maximum Gasteiger partial charge on any atom is 0.160 e. The van der Waals surface area contributed by atoms with E-state index in [2.05, 4.69) is 32.7 Å². The molecule has 14 heavy (non-hydrogen) atoms. The summed E-state index contributed by atoms with van der Waals surface area (Å²) in [7, 11) is 0. The molecule has 0 N–H and O–H groups in total. The molecule has 2 heteroatoms. The fraction of sp³-hybridized carbons (Fsp3) is 0.833. The zero-order valence-electron chi connectivity index (χ0n) is 9.92. The quantitative estimate of drug-likeness (QED) is 0.455. The first-order valence-electron chi connectivity index (χ1n) is 5.45. The third-order valence-electron chi connectivity index (χ3n) is 2.37. The Kier molecular flexibility index (Phi) is 6.43. The highest BCUT2D eigenvalue weighted by molar-refractivity contribution is 6.12. The molecule has 0 saturated heterocycles. The summed E-state index contributed by atoms with van der Waals surface area (Å²) in [5, 5.41) is 0. The van der Waals surface area contributed by atoms with Crippen molar-refractivity contribution in [3.05, 3.63) is 0 Å². The van der Waals surface area contributed by atoms with Gasteiger partial charge in [0.15, 0.2) is 6.29 Å². The average Bonchev–Trinajstić information content (AvgIpc) is 2.03. The standard InChI is InChI=1S/C12H23NO/c1-5-6-11(2)9-12(3,4)10-13-7-8-14/h7-8,11H,5-6,9-10H2,1-4H3. The van der Waals surface area contributed by atoms with Crippen LogP contribution < -0.4 is 0 Å². The molecule has 0 aliphatic carbocycles. The van der Waals surface area contributed by atoms with Gasteiger partial charge in [-0.2, -0.15) is 0 Å². The molecule has 0 saturated carbocycles. The zero-order chi connectivity index (χ0) is 11.0. The molecular weight excluding hydrogens is 174 g/mol. The molecule has 0 fully saturated rings. The van der Waals surface area contributed by atoms with E-state index in [4.69, 9.17) is 0 Å². The second kappa shape index (κ2) is 6.74. The summed E-state index contributed by atoms with van der Waals surface area (Å²) < 4.78 is 0. The summed E-state index contributed by atoms with van der Waals surface area (Å²) in [5.74, 6) is 0.751. The SMILES string of the molecule is CCCC(C)CC(C)(C)CN=CC=O. The first-order chi connectivity index (χ1) is 6.52. The van der Waals surface area contributed by atoms with Gasteiger partial charge in [0.25, 0.3) is 0 Å². The zero-order valence-corrected chi connectivity index (χ0v) is 9.92. The molecule has 1 unspecified atom stereocenters. The highest BCUT2D eigenvalue weighted by Crippen LogP contribution is 2.27. The largest absolute Gasteiger partial charge is 0.297 e. The van der Waals surface area contributed by atoms with Gasteiger partial charge in [0.05, 0.1) is 6.21 Å². The molecule has 0 aromatic rings. The van der Waals surface area contributed by atoms with Crippen LogP contribution in [0.25, 0.3) is 0 Å². The summed E-state index contributed by atoms with van der Waals surface area (Å²) in [6.45, 7) is 9.67. The molecule has 0 bridgehead atoms. The predicted octanol–water partition coefficient (Wildman–Crippen LogP) is 3.11. The fourth-order valence-electron chi connectivity index (χ4n) is 1.95. The first-order valence-corrected chi connectivity index (χ1v) is 5.45. The van der Waals surface area contributed by atoms with E-state index in [9.17, 15) is 4.79 Å². The molecular formula is C12H23NO. The van der Waals surface area contributed by atoms with E-state index in [0.717, 1.165) is 18.7 Å². The van der Waals surface area contributed by atoms with Crippen LogP contribution in [0.4, 0.5) is 0 Å². The Labute approximate surface area is 87.8 Å². The lowest BCUT2D eigenvalue weighted by molar-refractivity contribution is -0.102. The van der Waals surface area contributed by atoms with Crippen LogP contribution in [-0.4, -0.2) is 19.0 Å². The number of aliphatic imine (C=N–C) groups is 1. The Hall–Kier alpha value is -0.660. The van der Waals surface area contributed by atoms with Gasteiger partial charge in [-0.3, -0.25) is 9.79 Å². The van der Waals surface area contributed by atoms with E-state index < -0.39 is 0 Å². The lowest BCUT2D eigenvalue weighted by atomic mass is 9.82. The number of rotatable bonds is 7. The topological polar surface area (TPSA) is 29.4 Å². The van der Waals surface area contributed by atoms with Gasteiger partial charge < -0.3 is 0 Å². The van der Waals surface area contributed by atoms with E-state index in [-0.39, 0.29) is 5.41 Å². The molecule has 0 amide bonds. The number of hydrogen-bond donors (Lipinski definition) is 0. The van der Waals surface area contributed by atoms with Crippen molar-refractivity contribution in [3.63, 3.8) is 0 Å². The summed E-state index contributed by atoms with van der Waals surface area (Å²) in [5.41, 5.74) is 0.216. The normalized spacial score (nSPS) is 14.6. The van der Waals surface area contributed by atoms with Gasteiger partial charge in [-0.15, -0.1) is 0 Å². The van der Waals surface area contributed by atoms with Crippen molar-refractivity contribution in [2.75, 3.05) is 6.54 Å². The summed E-state index contributed by atoms with van der Waals surface area (Å²) >= 11 is 0. The highest BCUT2D eigenvalue weighted by atomic mass is 16.1. The Morgan fingerprint density at radius 2 is 2.07 bits per heavy atom. The van der Waals surface area contributed by atoms with Gasteiger partial charge in [0.1, 0.15) is 0 Å². The van der Waals surface area contributed by atoms with Gasteiger partial charge in [-0.05, 0) is 17.8 Å². The lowest BCUT2D eigenvalue weighted by Crippen LogP contribution is -2.19. The minimum atomic E-state index is 0.216. The van der Waals surface area contributed by atoms with Crippen LogP contribution in [0.5, 0.6) is 0 Å². The third-order valence-corrected chi connectivity index (χ3v) is 2.37. The van der Waals surface area contributed by atoms with E-state index >= 15 is 0 Å². The monoisotopic (exact) mass is 197 g/mol. The molecule has 0 aromatic heterocycles. The van der Waals surface area contributed by atoms with Crippen molar-refractivity contribution in [1.82, 2.24) is 0 Å². The number of carbonyl (C=O) groups excluding carboxylic acids is 1. The predicted molar refractivity (Wildman–Crippen MR) is 61.9 cm³/mol. The summed E-state index contributed by atoms with van der Waals surface area (Å²) in [6, 6.07) is 0. The van der Waals surface area contributed by atoms with E-state index in [1.165, 1.54) is 25.5 Å². The van der Waals surface area contributed by atoms with Crippen LogP contribution in [0.15, 0.2) is 4.99 Å². The van der Waals surface area contributed by atoms with Crippen molar-refractivity contribution in [3.8, 4) is 0 Å². The number of carbonyl (C=O) groups is 1. The lowest BCUT2D eigenvalue weighted by Gasteiger charge is -2.26. The average molecular weight is 197 g/mol. The Morgan fingerprint density at radius 3 is 2.57 bits per heavy atom. The van der Waals surface area contributed by atoms with Crippen LogP contribution in [-0.2, 0) is 4.79 Å². The molecule has 0 rings (SSSR count). The molecule has 82 valence electrons. The van der Waals surface area contributed by atoms with Gasteiger partial charge >= 0.3 is 0 Å². The molecule has 0 spiro atoms. The number of aldehydes is 1. The highest BCUT2D eigenvalue weighted by Gasteiger charge is 2.19. The molecule has 0 aromatic carbocycles. The van der Waals surface area contributed by atoms with Gasteiger partial charge in [0.2, 0.25) is 0 Å². The molecule has 0 aliphatic heterocycles. The minimum Gasteiger partial charge on any atom is -0.297 e. The third kappa shape index (κ3) is 6.81. The van der Waals surface area contributed by atoms with Crippen molar-refractivity contribution in [2.24, 2.45) is 16.3 Å². The smallest absolute Gasteiger partial charge is 0.160 e. The van der Waals surface area contributed by atoms with Crippen molar-refractivity contribution in [2.45, 2.75) is 47.0 Å². The maximum absolute atomic E-state index is 10.1. The summed E-state index contributed by atoms with van der Waals surface area (Å²) in [6.07, 6.45) is 5.80. The van der Waals surface area contributed by atoms with Gasteiger partial charge in [-0.25, -0.2) is 0 Å². The van der Waals surface area contributed by atoms with Crippen molar-refractivity contribution < 1.29 is 4.79 Å². The fourth-order valence-corrected chi connectivity index (χ4v) is 1.95. The van der Waals surface area contributed by atoms with Crippen molar-refractivity contribution in [1.29, 1.82) is 0 Å². The molecule has 0 aliphatic rings. The van der Waals surface area contributed by atoms with Crippen LogP contribution in [0.2, 0.25) is 0 Å². The Bertz CT molecular complexity index is 185. The van der Waals surface area contributed by atoms with Crippen LogP contribution >= 0.6 is 0 Å². The van der Waals surface area contributed by atoms with Gasteiger partial charge in [0, 0.05) is 6.54 Å². The first kappa shape index (κ1) is 13.3. The Morgan fingerprint density at radius 1 is 1.43 bits per heavy atom. The van der Waals surface area contributed by atoms with Crippen LogP contribution in [0.3, 0.4) is 0 Å². The summed E-state index contributed by atoms with van der Waals surface area (Å²) in [4.78, 5) is 14.1. The minimum absolute atomic E-state index is 0.216.